The predicted octanol–water partition coefficient (Wildman–Crippen LogP) is 2.87. The fraction of sp³-hybridized carbons (Fsp3) is 0.370. The number of aromatic nitrogens is 1. The highest BCUT2D eigenvalue weighted by Gasteiger charge is 2.33. The van der Waals surface area contributed by atoms with Crippen LogP contribution in [-0.4, -0.2) is 61.5 Å². The Morgan fingerprint density at radius 3 is 2.59 bits per heavy atom. The predicted molar refractivity (Wildman–Crippen MR) is 147 cm³/mol. The van der Waals surface area contributed by atoms with E-state index < -0.39 is 12.0 Å². The number of carbonyl (C=O) groups is 1. The second-order valence-electron chi connectivity index (χ2n) is 9.04. The zero-order valence-electron chi connectivity index (χ0n) is 21.4. The number of nitrogens with zero attached hydrogens (tertiary/aromatic N) is 4. The second-order valence-corrected chi connectivity index (χ2v) is 10.9. The standard InChI is InChI=1S/C27H30N4O4S2/c1-5-34-26(33)23-17(2)28-27-31(24(23)18-6-9-20(36-4)10-7-18)25(32)21(37-27)16-19-8-11-22(35-19)30-14-12-29(3)13-15-30/h6-11,16,24H,5,12-15H2,1-4H3. The summed E-state index contributed by atoms with van der Waals surface area (Å²) in [6, 6.07) is 11.1. The molecule has 0 spiro atoms. The molecule has 1 atom stereocenters. The summed E-state index contributed by atoms with van der Waals surface area (Å²) in [6.07, 6.45) is 3.77. The Hall–Kier alpha value is -3.08. The number of hydrogen-bond donors (Lipinski definition) is 0. The zero-order valence-corrected chi connectivity index (χ0v) is 23.0. The Morgan fingerprint density at radius 2 is 1.92 bits per heavy atom. The topological polar surface area (TPSA) is 80.3 Å². The molecule has 1 fully saturated rings. The number of ether oxygens (including phenoxy) is 1. The summed E-state index contributed by atoms with van der Waals surface area (Å²) in [5.74, 6) is 0.959. The molecular weight excluding hydrogens is 508 g/mol. The quantitative estimate of drug-likeness (QED) is 0.353. The number of hydrogen-bond acceptors (Lipinski definition) is 9. The Kier molecular flexibility index (Phi) is 7.41. The monoisotopic (exact) mass is 538 g/mol. The molecule has 2 aromatic heterocycles. The van der Waals surface area contributed by atoms with Crippen LogP contribution in [0.2, 0.25) is 0 Å². The first-order valence-corrected chi connectivity index (χ1v) is 14.3. The largest absolute Gasteiger partial charge is 0.463 e. The molecule has 3 aromatic rings. The summed E-state index contributed by atoms with van der Waals surface area (Å²) >= 11 is 2.93. The number of rotatable bonds is 6. The number of benzene rings is 1. The highest BCUT2D eigenvalue weighted by atomic mass is 32.2. The van der Waals surface area contributed by atoms with E-state index in [4.69, 9.17) is 9.15 Å². The van der Waals surface area contributed by atoms with Crippen LogP contribution >= 0.6 is 23.1 Å². The SMILES string of the molecule is CCOC(=O)C1=C(C)N=c2sc(=Cc3ccc(N4CCN(C)CC4)o3)c(=O)n2C1c1ccc(SC)cc1. The van der Waals surface area contributed by atoms with Crippen molar-refractivity contribution >= 4 is 41.0 Å². The van der Waals surface area contributed by atoms with Gasteiger partial charge in [0.25, 0.3) is 5.56 Å². The van der Waals surface area contributed by atoms with E-state index in [0.29, 0.717) is 26.4 Å². The number of likely N-dealkylation sites (N-methyl/N-ethyl adjacent to an activating group) is 1. The average molecular weight is 539 g/mol. The summed E-state index contributed by atoms with van der Waals surface area (Å²) < 4.78 is 13.6. The van der Waals surface area contributed by atoms with Gasteiger partial charge in [0, 0.05) is 43.2 Å². The third-order valence-corrected chi connectivity index (χ3v) is 8.38. The lowest BCUT2D eigenvalue weighted by Gasteiger charge is -2.32. The minimum atomic E-state index is -0.620. The van der Waals surface area contributed by atoms with E-state index in [0.717, 1.165) is 42.5 Å². The first-order chi connectivity index (χ1) is 17.9. The Labute approximate surface area is 223 Å². The molecule has 4 heterocycles. The average Bonchev–Trinajstić information content (AvgIpc) is 3.48. The maximum Gasteiger partial charge on any atom is 0.338 e. The van der Waals surface area contributed by atoms with Crippen LogP contribution in [0.15, 0.2) is 66.8 Å². The Bertz CT molecular complexity index is 1510. The molecule has 10 heteroatoms. The number of esters is 1. The molecule has 8 nitrogen and oxygen atoms in total. The van der Waals surface area contributed by atoms with Crippen LogP contribution in [0.1, 0.15) is 31.2 Å². The first kappa shape index (κ1) is 25.6. The van der Waals surface area contributed by atoms with E-state index in [9.17, 15) is 9.59 Å². The maximum atomic E-state index is 13.7. The van der Waals surface area contributed by atoms with E-state index in [1.165, 1.54) is 11.3 Å². The van der Waals surface area contributed by atoms with Gasteiger partial charge in [0.2, 0.25) is 0 Å². The van der Waals surface area contributed by atoms with Crippen molar-refractivity contribution in [3.05, 3.63) is 78.7 Å². The van der Waals surface area contributed by atoms with Gasteiger partial charge >= 0.3 is 5.97 Å². The van der Waals surface area contributed by atoms with Crippen LogP contribution in [0.5, 0.6) is 0 Å². The molecule has 0 saturated carbocycles. The second kappa shape index (κ2) is 10.7. The van der Waals surface area contributed by atoms with Crippen molar-refractivity contribution in [2.45, 2.75) is 24.8 Å². The zero-order chi connectivity index (χ0) is 26.1. The van der Waals surface area contributed by atoms with Crippen molar-refractivity contribution in [2.75, 3.05) is 51.0 Å². The van der Waals surface area contributed by atoms with Gasteiger partial charge in [-0.3, -0.25) is 9.36 Å². The number of thiazole rings is 1. The van der Waals surface area contributed by atoms with E-state index in [-0.39, 0.29) is 12.2 Å². The fourth-order valence-corrected chi connectivity index (χ4v) is 6.07. The molecule has 0 N–H and O–H groups in total. The van der Waals surface area contributed by atoms with Crippen LogP contribution in [0.3, 0.4) is 0 Å². The molecule has 2 aliphatic rings. The summed E-state index contributed by atoms with van der Waals surface area (Å²) in [4.78, 5) is 37.6. The highest BCUT2D eigenvalue weighted by Crippen LogP contribution is 2.31. The minimum Gasteiger partial charge on any atom is -0.463 e. The Morgan fingerprint density at radius 1 is 1.19 bits per heavy atom. The molecule has 1 aromatic carbocycles. The third kappa shape index (κ3) is 5.05. The molecule has 37 heavy (non-hydrogen) atoms. The molecule has 1 saturated heterocycles. The summed E-state index contributed by atoms with van der Waals surface area (Å²) in [6.45, 7) is 7.57. The van der Waals surface area contributed by atoms with E-state index in [2.05, 4.69) is 21.8 Å². The van der Waals surface area contributed by atoms with Crippen molar-refractivity contribution in [1.29, 1.82) is 0 Å². The maximum absolute atomic E-state index is 13.7. The van der Waals surface area contributed by atoms with E-state index in [1.807, 2.05) is 42.7 Å². The molecule has 194 valence electrons. The number of piperazine rings is 1. The summed E-state index contributed by atoms with van der Waals surface area (Å²) in [7, 11) is 2.12. The van der Waals surface area contributed by atoms with E-state index >= 15 is 0 Å². The van der Waals surface area contributed by atoms with E-state index in [1.54, 1.807) is 36.3 Å². The van der Waals surface area contributed by atoms with Gasteiger partial charge in [0.1, 0.15) is 5.76 Å². The van der Waals surface area contributed by atoms with Crippen LogP contribution in [0, 0.1) is 0 Å². The van der Waals surface area contributed by atoms with Gasteiger partial charge in [-0.2, -0.15) is 0 Å². The number of fused-ring (bicyclic) bond motifs is 1. The summed E-state index contributed by atoms with van der Waals surface area (Å²) in [5.41, 5.74) is 1.56. The lowest BCUT2D eigenvalue weighted by Crippen LogP contribution is -2.44. The molecule has 0 radical (unpaired) electrons. The number of furan rings is 1. The molecule has 0 aliphatic carbocycles. The number of carbonyl (C=O) groups excluding carboxylic acids is 1. The van der Waals surface area contributed by atoms with Gasteiger partial charge < -0.3 is 19.0 Å². The number of anilines is 1. The number of thioether (sulfide) groups is 1. The Balaban J connectivity index is 1.57. The summed E-state index contributed by atoms with van der Waals surface area (Å²) in [5, 5.41) is 0. The van der Waals surface area contributed by atoms with Crippen molar-refractivity contribution < 1.29 is 13.9 Å². The van der Waals surface area contributed by atoms with Gasteiger partial charge in [-0.05, 0) is 50.9 Å². The minimum absolute atomic E-state index is 0.213. The van der Waals surface area contributed by atoms with Crippen molar-refractivity contribution in [2.24, 2.45) is 4.99 Å². The van der Waals surface area contributed by atoms with Crippen molar-refractivity contribution in [3.63, 3.8) is 0 Å². The molecule has 2 aliphatic heterocycles. The first-order valence-electron chi connectivity index (χ1n) is 12.3. The van der Waals surface area contributed by atoms with Crippen LogP contribution in [0.25, 0.3) is 6.08 Å². The van der Waals surface area contributed by atoms with Gasteiger partial charge in [-0.1, -0.05) is 23.5 Å². The van der Waals surface area contributed by atoms with Crippen LogP contribution in [-0.2, 0) is 9.53 Å². The van der Waals surface area contributed by atoms with Crippen LogP contribution in [0.4, 0.5) is 5.88 Å². The molecule has 5 rings (SSSR count). The van der Waals surface area contributed by atoms with Gasteiger partial charge in [-0.25, -0.2) is 9.79 Å². The van der Waals surface area contributed by atoms with Crippen molar-refractivity contribution in [1.82, 2.24) is 9.47 Å². The van der Waals surface area contributed by atoms with Crippen LogP contribution < -0.4 is 19.8 Å². The molecule has 1 unspecified atom stereocenters. The fourth-order valence-electron chi connectivity index (χ4n) is 4.64. The van der Waals surface area contributed by atoms with Gasteiger partial charge in [0.15, 0.2) is 10.7 Å². The molecule has 0 amide bonds. The normalized spacial score (nSPS) is 18.6. The number of allylic oxidation sites excluding steroid dienone is 1. The lowest BCUT2D eigenvalue weighted by molar-refractivity contribution is -0.139. The van der Waals surface area contributed by atoms with Gasteiger partial charge in [0.05, 0.1) is 28.5 Å². The van der Waals surface area contributed by atoms with Gasteiger partial charge in [-0.15, -0.1) is 11.8 Å². The van der Waals surface area contributed by atoms with Crippen molar-refractivity contribution in [3.8, 4) is 0 Å². The molecule has 0 bridgehead atoms. The smallest absolute Gasteiger partial charge is 0.338 e. The highest BCUT2D eigenvalue weighted by molar-refractivity contribution is 7.98. The lowest BCUT2D eigenvalue weighted by atomic mass is 9.96. The third-order valence-electron chi connectivity index (χ3n) is 6.65. The molecular formula is C27H30N4O4S2.